The zero-order valence-corrected chi connectivity index (χ0v) is 16.8. The Morgan fingerprint density at radius 2 is 2.00 bits per heavy atom. The standard InChI is InChI=1S/C22H27FN2O3/c1-6-8-16-11-17(13-20(27-4)21(16)28-5)22(26)24-14-19(25(2)3)15-9-7-10-18(23)12-15/h6-7,9-13,19H,1,8,14H2,2-5H3,(H,24,26). The fourth-order valence-electron chi connectivity index (χ4n) is 3.09. The number of rotatable bonds is 9. The molecule has 0 aliphatic rings. The van der Waals surface area contributed by atoms with Crippen molar-refractivity contribution in [2.45, 2.75) is 12.5 Å². The van der Waals surface area contributed by atoms with Gasteiger partial charge in [0, 0.05) is 17.7 Å². The maximum atomic E-state index is 13.6. The van der Waals surface area contributed by atoms with Gasteiger partial charge in [-0.15, -0.1) is 6.58 Å². The number of ether oxygens (including phenoxy) is 2. The third kappa shape index (κ3) is 5.10. The number of hydrogen-bond acceptors (Lipinski definition) is 4. The Morgan fingerprint density at radius 3 is 2.57 bits per heavy atom. The van der Waals surface area contributed by atoms with Crippen LogP contribution in [0.5, 0.6) is 11.5 Å². The summed E-state index contributed by atoms with van der Waals surface area (Å²) in [4.78, 5) is 14.7. The van der Waals surface area contributed by atoms with Crippen LogP contribution >= 0.6 is 0 Å². The largest absolute Gasteiger partial charge is 0.493 e. The number of benzene rings is 2. The van der Waals surface area contributed by atoms with Crippen LogP contribution in [0.4, 0.5) is 4.39 Å². The summed E-state index contributed by atoms with van der Waals surface area (Å²) in [5, 5.41) is 2.93. The normalized spacial score (nSPS) is 11.8. The van der Waals surface area contributed by atoms with Crippen molar-refractivity contribution < 1.29 is 18.7 Å². The average Bonchev–Trinajstić information content (AvgIpc) is 2.67. The predicted molar refractivity (Wildman–Crippen MR) is 109 cm³/mol. The molecule has 150 valence electrons. The van der Waals surface area contributed by atoms with Crippen molar-refractivity contribution in [3.63, 3.8) is 0 Å². The third-order valence-electron chi connectivity index (χ3n) is 4.50. The zero-order chi connectivity index (χ0) is 20.7. The molecule has 0 fully saturated rings. The van der Waals surface area contributed by atoms with E-state index in [1.54, 1.807) is 31.4 Å². The lowest BCUT2D eigenvalue weighted by Crippen LogP contribution is -2.34. The molecule has 0 saturated carbocycles. The van der Waals surface area contributed by atoms with Crippen LogP contribution in [0, 0.1) is 5.82 Å². The van der Waals surface area contributed by atoms with Crippen molar-refractivity contribution in [2.24, 2.45) is 0 Å². The molecule has 1 N–H and O–H groups in total. The van der Waals surface area contributed by atoms with Crippen molar-refractivity contribution in [1.82, 2.24) is 10.2 Å². The minimum absolute atomic E-state index is 0.160. The molecule has 2 aromatic carbocycles. The molecular weight excluding hydrogens is 359 g/mol. The fourth-order valence-corrected chi connectivity index (χ4v) is 3.09. The topological polar surface area (TPSA) is 50.8 Å². The van der Waals surface area contributed by atoms with Crippen molar-refractivity contribution in [3.8, 4) is 11.5 Å². The van der Waals surface area contributed by atoms with Gasteiger partial charge in [0.1, 0.15) is 5.82 Å². The average molecular weight is 386 g/mol. The summed E-state index contributed by atoms with van der Waals surface area (Å²) in [6, 6.07) is 9.65. The Morgan fingerprint density at radius 1 is 1.25 bits per heavy atom. The molecule has 0 heterocycles. The smallest absolute Gasteiger partial charge is 0.251 e. The maximum Gasteiger partial charge on any atom is 0.251 e. The Kier molecular flexibility index (Phi) is 7.58. The van der Waals surface area contributed by atoms with E-state index in [0.717, 1.165) is 11.1 Å². The molecule has 5 nitrogen and oxygen atoms in total. The Bertz CT molecular complexity index is 837. The van der Waals surface area contributed by atoms with E-state index in [2.05, 4.69) is 11.9 Å². The quantitative estimate of drug-likeness (QED) is 0.669. The number of amides is 1. The van der Waals surface area contributed by atoms with E-state index in [1.165, 1.54) is 19.2 Å². The van der Waals surface area contributed by atoms with Gasteiger partial charge in [0.25, 0.3) is 5.91 Å². The van der Waals surface area contributed by atoms with Gasteiger partial charge in [-0.25, -0.2) is 4.39 Å². The van der Waals surface area contributed by atoms with Gasteiger partial charge in [0.05, 0.1) is 20.3 Å². The molecular formula is C22H27FN2O3. The molecule has 1 atom stereocenters. The monoisotopic (exact) mass is 386 g/mol. The Hall–Kier alpha value is -2.86. The third-order valence-corrected chi connectivity index (χ3v) is 4.50. The van der Waals surface area contributed by atoms with Crippen LogP contribution in [0.3, 0.4) is 0 Å². The van der Waals surface area contributed by atoms with Crippen LogP contribution in [0.1, 0.15) is 27.5 Å². The van der Waals surface area contributed by atoms with Crippen LogP contribution < -0.4 is 14.8 Å². The molecule has 6 heteroatoms. The summed E-state index contributed by atoms with van der Waals surface area (Å²) in [7, 11) is 6.87. The van der Waals surface area contributed by atoms with Gasteiger partial charge in [-0.2, -0.15) is 0 Å². The highest BCUT2D eigenvalue weighted by atomic mass is 19.1. The molecule has 0 aliphatic carbocycles. The highest BCUT2D eigenvalue weighted by molar-refractivity contribution is 5.95. The van der Waals surface area contributed by atoms with Crippen molar-refractivity contribution in [3.05, 3.63) is 71.6 Å². The molecule has 2 aromatic rings. The van der Waals surface area contributed by atoms with Gasteiger partial charge in [0.2, 0.25) is 0 Å². The summed E-state index contributed by atoms with van der Waals surface area (Å²) in [6.45, 7) is 4.08. The molecule has 0 radical (unpaired) electrons. The van der Waals surface area contributed by atoms with E-state index < -0.39 is 0 Å². The molecule has 1 amide bonds. The Labute approximate surface area is 165 Å². The van der Waals surface area contributed by atoms with Crippen molar-refractivity contribution >= 4 is 5.91 Å². The number of carbonyl (C=O) groups excluding carboxylic acids is 1. The minimum Gasteiger partial charge on any atom is -0.493 e. The van der Waals surface area contributed by atoms with E-state index in [4.69, 9.17) is 9.47 Å². The van der Waals surface area contributed by atoms with Gasteiger partial charge in [-0.1, -0.05) is 18.2 Å². The minimum atomic E-state index is -0.301. The number of halogens is 1. The molecule has 28 heavy (non-hydrogen) atoms. The molecule has 0 bridgehead atoms. The van der Waals surface area contributed by atoms with Crippen molar-refractivity contribution in [2.75, 3.05) is 34.9 Å². The number of nitrogens with one attached hydrogen (secondary N) is 1. The number of allylic oxidation sites excluding steroid dienone is 1. The number of nitrogens with zero attached hydrogens (tertiary/aromatic N) is 1. The van der Waals surface area contributed by atoms with E-state index >= 15 is 0 Å². The second-order valence-corrected chi connectivity index (χ2v) is 6.61. The van der Waals surface area contributed by atoms with Gasteiger partial charge in [0.15, 0.2) is 11.5 Å². The lowest BCUT2D eigenvalue weighted by molar-refractivity contribution is 0.0941. The van der Waals surface area contributed by atoms with Crippen LogP contribution in [-0.2, 0) is 6.42 Å². The van der Waals surface area contributed by atoms with E-state index in [0.29, 0.717) is 30.0 Å². The van der Waals surface area contributed by atoms with Gasteiger partial charge in [-0.05, 0) is 50.3 Å². The first-order chi connectivity index (χ1) is 13.4. The first-order valence-corrected chi connectivity index (χ1v) is 8.97. The number of hydrogen-bond donors (Lipinski definition) is 1. The van der Waals surface area contributed by atoms with Gasteiger partial charge >= 0.3 is 0 Å². The molecule has 0 aliphatic heterocycles. The SMILES string of the molecule is C=CCc1cc(C(=O)NCC(c2cccc(F)c2)N(C)C)cc(OC)c1OC. The zero-order valence-electron chi connectivity index (χ0n) is 16.8. The van der Waals surface area contributed by atoms with E-state index in [1.807, 2.05) is 25.1 Å². The van der Waals surface area contributed by atoms with E-state index in [-0.39, 0.29) is 17.8 Å². The summed E-state index contributed by atoms with van der Waals surface area (Å²) in [5.74, 6) is 0.533. The molecule has 0 saturated heterocycles. The van der Waals surface area contributed by atoms with Crippen LogP contribution in [0.2, 0.25) is 0 Å². The van der Waals surface area contributed by atoms with E-state index in [9.17, 15) is 9.18 Å². The summed E-state index contributed by atoms with van der Waals surface area (Å²) in [5.41, 5.74) is 2.08. The summed E-state index contributed by atoms with van der Waals surface area (Å²) in [6.07, 6.45) is 2.29. The summed E-state index contributed by atoms with van der Waals surface area (Å²) >= 11 is 0. The number of methoxy groups -OCH3 is 2. The molecule has 0 aromatic heterocycles. The number of carbonyl (C=O) groups is 1. The first kappa shape index (κ1) is 21.4. The second-order valence-electron chi connectivity index (χ2n) is 6.61. The highest BCUT2D eigenvalue weighted by Gasteiger charge is 2.19. The lowest BCUT2D eigenvalue weighted by atomic mass is 10.0. The molecule has 2 rings (SSSR count). The van der Waals surface area contributed by atoms with Crippen LogP contribution in [0.15, 0.2) is 49.1 Å². The first-order valence-electron chi connectivity index (χ1n) is 8.97. The molecule has 1 unspecified atom stereocenters. The highest BCUT2D eigenvalue weighted by Crippen LogP contribution is 2.33. The maximum absolute atomic E-state index is 13.6. The van der Waals surface area contributed by atoms with Crippen molar-refractivity contribution in [1.29, 1.82) is 0 Å². The van der Waals surface area contributed by atoms with Crippen LogP contribution in [0.25, 0.3) is 0 Å². The fraction of sp³-hybridized carbons (Fsp3) is 0.318. The van der Waals surface area contributed by atoms with Gasteiger partial charge in [-0.3, -0.25) is 4.79 Å². The molecule has 0 spiro atoms. The lowest BCUT2D eigenvalue weighted by Gasteiger charge is -2.25. The van der Waals surface area contributed by atoms with Crippen LogP contribution in [-0.4, -0.2) is 45.7 Å². The second kappa shape index (κ2) is 9.90. The van der Waals surface area contributed by atoms with Gasteiger partial charge < -0.3 is 19.7 Å². The predicted octanol–water partition coefficient (Wildman–Crippen LogP) is 3.60. The Balaban J connectivity index is 2.23. The summed E-state index contributed by atoms with van der Waals surface area (Å²) < 4.78 is 24.4. The number of likely N-dealkylation sites (N-methyl/N-ethyl adjacent to an activating group) is 1.